The fourth-order valence-electron chi connectivity index (χ4n) is 2.55. The van der Waals surface area contributed by atoms with Crippen molar-refractivity contribution in [2.24, 2.45) is 0 Å². The van der Waals surface area contributed by atoms with E-state index in [-0.39, 0.29) is 5.56 Å². The van der Waals surface area contributed by atoms with Gasteiger partial charge in [0.05, 0.1) is 12.7 Å². The molecular weight excluding hydrogens is 362 g/mol. The molecule has 8 heteroatoms. The number of aryl methyl sites for hydroxylation is 1. The van der Waals surface area contributed by atoms with Crippen LogP contribution in [0, 0.1) is 6.92 Å². The van der Waals surface area contributed by atoms with Crippen molar-refractivity contribution >= 4 is 34.0 Å². The van der Waals surface area contributed by atoms with Crippen LogP contribution in [-0.4, -0.2) is 21.7 Å². The summed E-state index contributed by atoms with van der Waals surface area (Å²) < 4.78 is 12.8. The molecule has 0 amide bonds. The Hall–Kier alpha value is -2.64. The highest BCUT2D eigenvalue weighted by atomic mass is 35.5. The topological polar surface area (TPSA) is 69.6 Å². The predicted octanol–water partition coefficient (Wildman–Crippen LogP) is 2.93. The average Bonchev–Trinajstić information content (AvgIpc) is 3.26. The summed E-state index contributed by atoms with van der Waals surface area (Å²) in [7, 11) is 1.55. The summed E-state index contributed by atoms with van der Waals surface area (Å²) in [6, 6.07) is 8.81. The summed E-state index contributed by atoms with van der Waals surface area (Å²) in [5.41, 5.74) is 0.397. The number of furan rings is 1. The minimum absolute atomic E-state index is 0.212. The molecular formula is C17H12ClN3O3S. The van der Waals surface area contributed by atoms with Crippen molar-refractivity contribution in [3.8, 4) is 17.1 Å². The van der Waals surface area contributed by atoms with E-state index in [0.717, 1.165) is 5.76 Å². The second-order valence-corrected chi connectivity index (χ2v) is 6.80. The third-order valence-corrected chi connectivity index (χ3v) is 4.88. The number of halogens is 1. The molecule has 126 valence electrons. The Morgan fingerprint density at radius 1 is 1.28 bits per heavy atom. The number of nitrogens with zero attached hydrogens (tertiary/aromatic N) is 3. The van der Waals surface area contributed by atoms with Crippen LogP contribution in [0.1, 0.15) is 11.5 Å². The number of aromatic nitrogens is 3. The molecule has 1 aromatic carbocycles. The van der Waals surface area contributed by atoms with Gasteiger partial charge in [0.25, 0.3) is 5.56 Å². The molecule has 0 saturated heterocycles. The van der Waals surface area contributed by atoms with Gasteiger partial charge >= 0.3 is 0 Å². The van der Waals surface area contributed by atoms with Crippen molar-refractivity contribution in [3.05, 3.63) is 61.8 Å². The molecule has 4 rings (SSSR count). The molecule has 25 heavy (non-hydrogen) atoms. The van der Waals surface area contributed by atoms with Gasteiger partial charge in [0.2, 0.25) is 4.96 Å². The van der Waals surface area contributed by atoms with E-state index in [2.05, 4.69) is 10.2 Å². The molecule has 4 aromatic rings. The highest BCUT2D eigenvalue weighted by Gasteiger charge is 2.18. The lowest BCUT2D eigenvalue weighted by Crippen LogP contribution is -2.23. The van der Waals surface area contributed by atoms with Crippen LogP contribution in [0.4, 0.5) is 0 Å². The quantitative estimate of drug-likeness (QED) is 0.552. The summed E-state index contributed by atoms with van der Waals surface area (Å²) in [6.07, 6.45) is 1.70. The molecule has 0 aliphatic carbocycles. The lowest BCUT2D eigenvalue weighted by molar-refractivity contribution is 0.416. The number of ether oxygens (including phenoxy) is 1. The van der Waals surface area contributed by atoms with Gasteiger partial charge in [0.15, 0.2) is 5.82 Å². The van der Waals surface area contributed by atoms with Crippen molar-refractivity contribution in [1.82, 2.24) is 14.6 Å². The van der Waals surface area contributed by atoms with Gasteiger partial charge in [-0.2, -0.15) is 0 Å². The zero-order valence-electron chi connectivity index (χ0n) is 13.3. The second kappa shape index (κ2) is 6.02. The zero-order chi connectivity index (χ0) is 17.6. The van der Waals surface area contributed by atoms with Gasteiger partial charge in [-0.3, -0.25) is 4.79 Å². The lowest BCUT2D eigenvalue weighted by Gasteiger charge is -2.06. The van der Waals surface area contributed by atoms with Crippen LogP contribution in [0.3, 0.4) is 0 Å². The van der Waals surface area contributed by atoms with Crippen LogP contribution in [0.15, 0.2) is 39.5 Å². The van der Waals surface area contributed by atoms with E-state index in [4.69, 9.17) is 20.8 Å². The second-order valence-electron chi connectivity index (χ2n) is 5.35. The fraction of sp³-hybridized carbons (Fsp3) is 0.118. The van der Waals surface area contributed by atoms with Gasteiger partial charge in [-0.25, -0.2) is 4.40 Å². The maximum Gasteiger partial charge on any atom is 0.276 e. The van der Waals surface area contributed by atoms with Crippen LogP contribution < -0.4 is 14.8 Å². The Morgan fingerprint density at radius 3 is 2.84 bits per heavy atom. The minimum atomic E-state index is -0.212. The van der Waals surface area contributed by atoms with Crippen LogP contribution >= 0.6 is 22.9 Å². The van der Waals surface area contributed by atoms with Crippen LogP contribution in [0.25, 0.3) is 22.4 Å². The third kappa shape index (κ3) is 2.71. The Labute approximate surface area is 150 Å². The molecule has 0 radical (unpaired) electrons. The summed E-state index contributed by atoms with van der Waals surface area (Å²) >= 11 is 7.34. The Bertz CT molecular complexity index is 1190. The Balaban J connectivity index is 1.95. The van der Waals surface area contributed by atoms with Crippen molar-refractivity contribution in [2.45, 2.75) is 6.92 Å². The van der Waals surface area contributed by atoms with E-state index in [0.29, 0.717) is 37.4 Å². The molecule has 0 fully saturated rings. The Kier molecular flexibility index (Phi) is 3.82. The zero-order valence-corrected chi connectivity index (χ0v) is 14.9. The van der Waals surface area contributed by atoms with Crippen LogP contribution in [0.5, 0.6) is 5.75 Å². The first-order chi connectivity index (χ1) is 12.1. The number of hydrogen-bond acceptors (Lipinski definition) is 6. The molecule has 0 aliphatic rings. The Morgan fingerprint density at radius 2 is 2.12 bits per heavy atom. The van der Waals surface area contributed by atoms with Crippen molar-refractivity contribution in [1.29, 1.82) is 0 Å². The first kappa shape index (κ1) is 15.9. The van der Waals surface area contributed by atoms with Crippen LogP contribution in [-0.2, 0) is 0 Å². The summed E-state index contributed by atoms with van der Waals surface area (Å²) in [6.45, 7) is 1.85. The predicted molar refractivity (Wildman–Crippen MR) is 96.4 cm³/mol. The molecule has 0 atom stereocenters. The largest absolute Gasteiger partial charge is 0.496 e. The van der Waals surface area contributed by atoms with E-state index in [1.807, 2.05) is 19.1 Å². The number of rotatable bonds is 3. The van der Waals surface area contributed by atoms with Crippen molar-refractivity contribution in [3.63, 3.8) is 0 Å². The SMILES string of the molecule is COc1ccc(Cl)cc1-c1nnc2sc(=Cc3ccc(C)o3)c(=O)n12. The summed E-state index contributed by atoms with van der Waals surface area (Å²) in [5, 5.41) is 8.77. The molecule has 0 saturated carbocycles. The van der Waals surface area contributed by atoms with E-state index >= 15 is 0 Å². The molecule has 0 aliphatic heterocycles. The molecule has 0 spiro atoms. The van der Waals surface area contributed by atoms with E-state index in [1.54, 1.807) is 31.4 Å². The standard InChI is InChI=1S/C17H12ClN3O3S/c1-9-3-5-11(24-9)8-14-16(22)21-15(19-20-17(21)25-14)12-7-10(18)4-6-13(12)23-2/h3-8H,1-2H3. The maximum absolute atomic E-state index is 12.8. The third-order valence-electron chi connectivity index (χ3n) is 3.69. The number of thiazole rings is 1. The number of methoxy groups -OCH3 is 1. The molecule has 0 unspecified atom stereocenters. The normalized spacial score (nSPS) is 12.2. The minimum Gasteiger partial charge on any atom is -0.496 e. The van der Waals surface area contributed by atoms with Gasteiger partial charge in [0, 0.05) is 11.1 Å². The van der Waals surface area contributed by atoms with Gasteiger partial charge in [-0.05, 0) is 37.3 Å². The summed E-state index contributed by atoms with van der Waals surface area (Å²) in [5.74, 6) is 2.36. The lowest BCUT2D eigenvalue weighted by atomic mass is 10.2. The van der Waals surface area contributed by atoms with Gasteiger partial charge in [-0.15, -0.1) is 10.2 Å². The van der Waals surface area contributed by atoms with E-state index in [1.165, 1.54) is 15.7 Å². The molecule has 3 aromatic heterocycles. The average molecular weight is 374 g/mol. The van der Waals surface area contributed by atoms with Gasteiger partial charge in [0.1, 0.15) is 21.8 Å². The molecule has 0 N–H and O–H groups in total. The number of fused-ring (bicyclic) bond motifs is 1. The highest BCUT2D eigenvalue weighted by Crippen LogP contribution is 2.31. The van der Waals surface area contributed by atoms with E-state index < -0.39 is 0 Å². The van der Waals surface area contributed by atoms with Crippen LogP contribution in [0.2, 0.25) is 5.02 Å². The van der Waals surface area contributed by atoms with Gasteiger partial charge < -0.3 is 9.15 Å². The van der Waals surface area contributed by atoms with E-state index in [9.17, 15) is 4.79 Å². The monoisotopic (exact) mass is 373 g/mol. The first-order valence-corrected chi connectivity index (χ1v) is 8.56. The number of benzene rings is 1. The smallest absolute Gasteiger partial charge is 0.276 e. The number of hydrogen-bond donors (Lipinski definition) is 0. The molecule has 6 nitrogen and oxygen atoms in total. The maximum atomic E-state index is 12.8. The first-order valence-electron chi connectivity index (χ1n) is 7.37. The van der Waals surface area contributed by atoms with Crippen molar-refractivity contribution in [2.75, 3.05) is 7.11 Å². The molecule has 3 heterocycles. The summed E-state index contributed by atoms with van der Waals surface area (Å²) in [4.78, 5) is 13.3. The van der Waals surface area contributed by atoms with Gasteiger partial charge in [-0.1, -0.05) is 22.9 Å². The molecule has 0 bridgehead atoms. The highest BCUT2D eigenvalue weighted by molar-refractivity contribution is 7.15. The fourth-order valence-corrected chi connectivity index (χ4v) is 3.62. The van der Waals surface area contributed by atoms with Crippen molar-refractivity contribution < 1.29 is 9.15 Å².